The van der Waals surface area contributed by atoms with E-state index in [1.54, 1.807) is 30.5 Å². The van der Waals surface area contributed by atoms with Crippen molar-refractivity contribution >= 4 is 29.3 Å². The fraction of sp³-hybridized carbons (Fsp3) is 0.133. The van der Waals surface area contributed by atoms with Crippen molar-refractivity contribution in [2.24, 2.45) is 0 Å². The average molecular weight is 319 g/mol. The molecule has 0 unspecified atom stereocenters. The van der Waals surface area contributed by atoms with Crippen molar-refractivity contribution in [3.63, 3.8) is 0 Å². The Labute approximate surface area is 131 Å². The molecule has 0 spiro atoms. The van der Waals surface area contributed by atoms with E-state index in [1.807, 2.05) is 18.2 Å². The fourth-order valence-electron chi connectivity index (χ4n) is 1.49. The number of halogens is 1. The van der Waals surface area contributed by atoms with Gasteiger partial charge in [-0.3, -0.25) is 0 Å². The van der Waals surface area contributed by atoms with Gasteiger partial charge >= 0.3 is 5.97 Å². The number of ether oxygens (including phenoxy) is 1. The molecule has 0 radical (unpaired) electrons. The second-order valence-electron chi connectivity index (χ2n) is 4.09. The first kappa shape index (κ1) is 15.4. The standard InChI is InChI=1S/C15H11ClN2O2S/c1-10(9-17)20-15(19)13-3-2-8-18-14(13)21-12-6-4-11(16)5-7-12/h2-8,10H,1H3/t10-/m0/s1. The number of carbonyl (C=O) groups is 1. The third-order valence-corrected chi connectivity index (χ3v) is 3.76. The van der Waals surface area contributed by atoms with Gasteiger partial charge in [0.25, 0.3) is 0 Å². The number of esters is 1. The van der Waals surface area contributed by atoms with Gasteiger partial charge in [0.2, 0.25) is 0 Å². The SMILES string of the molecule is C[C@@H](C#N)OC(=O)c1cccnc1Sc1ccc(Cl)cc1. The topological polar surface area (TPSA) is 63.0 Å². The Morgan fingerprint density at radius 1 is 1.38 bits per heavy atom. The third-order valence-electron chi connectivity index (χ3n) is 2.48. The number of hydrogen-bond acceptors (Lipinski definition) is 5. The smallest absolute Gasteiger partial charge is 0.342 e. The zero-order chi connectivity index (χ0) is 15.2. The van der Waals surface area contributed by atoms with Gasteiger partial charge < -0.3 is 4.74 Å². The van der Waals surface area contributed by atoms with Crippen molar-refractivity contribution in [1.82, 2.24) is 4.98 Å². The lowest BCUT2D eigenvalue weighted by atomic mass is 10.3. The Kier molecular flexibility index (Phi) is 5.20. The lowest BCUT2D eigenvalue weighted by Crippen LogP contribution is -2.14. The molecule has 0 saturated carbocycles. The van der Waals surface area contributed by atoms with Crippen molar-refractivity contribution in [2.75, 3.05) is 0 Å². The maximum atomic E-state index is 12.0. The van der Waals surface area contributed by atoms with E-state index in [-0.39, 0.29) is 0 Å². The van der Waals surface area contributed by atoms with E-state index < -0.39 is 12.1 Å². The number of rotatable bonds is 4. The highest BCUT2D eigenvalue weighted by molar-refractivity contribution is 7.99. The van der Waals surface area contributed by atoms with E-state index in [9.17, 15) is 4.79 Å². The summed E-state index contributed by atoms with van der Waals surface area (Å²) < 4.78 is 5.01. The van der Waals surface area contributed by atoms with Gasteiger partial charge in [-0.25, -0.2) is 9.78 Å². The van der Waals surface area contributed by atoms with Crippen molar-refractivity contribution in [3.8, 4) is 6.07 Å². The largest absolute Gasteiger partial charge is 0.444 e. The van der Waals surface area contributed by atoms with Crippen LogP contribution in [0.15, 0.2) is 52.5 Å². The number of carbonyl (C=O) groups excluding carboxylic acids is 1. The van der Waals surface area contributed by atoms with E-state index in [0.29, 0.717) is 15.6 Å². The Morgan fingerprint density at radius 2 is 2.10 bits per heavy atom. The molecule has 1 aromatic carbocycles. The second kappa shape index (κ2) is 7.11. The Hall–Kier alpha value is -2.03. The highest BCUT2D eigenvalue weighted by atomic mass is 35.5. The molecule has 1 atom stereocenters. The first-order chi connectivity index (χ1) is 10.1. The van der Waals surface area contributed by atoms with Gasteiger partial charge in [-0.15, -0.1) is 0 Å². The van der Waals surface area contributed by atoms with Crippen LogP contribution in [0.25, 0.3) is 0 Å². The number of pyridine rings is 1. The summed E-state index contributed by atoms with van der Waals surface area (Å²) in [6.07, 6.45) is 0.800. The second-order valence-corrected chi connectivity index (χ2v) is 5.59. The summed E-state index contributed by atoms with van der Waals surface area (Å²) in [4.78, 5) is 17.1. The Bertz CT molecular complexity index is 683. The maximum absolute atomic E-state index is 12.0. The molecule has 0 aliphatic rings. The molecule has 0 N–H and O–H groups in total. The van der Waals surface area contributed by atoms with E-state index in [1.165, 1.54) is 18.7 Å². The van der Waals surface area contributed by atoms with Gasteiger partial charge in [0, 0.05) is 16.1 Å². The minimum Gasteiger partial charge on any atom is -0.444 e. The zero-order valence-electron chi connectivity index (χ0n) is 11.1. The molecular formula is C15H11ClN2O2S. The number of nitrogens with zero attached hydrogens (tertiary/aromatic N) is 2. The highest BCUT2D eigenvalue weighted by Gasteiger charge is 2.17. The number of hydrogen-bond donors (Lipinski definition) is 0. The van der Waals surface area contributed by atoms with Gasteiger partial charge in [-0.1, -0.05) is 23.4 Å². The molecule has 0 aliphatic heterocycles. The van der Waals surface area contributed by atoms with E-state index in [2.05, 4.69) is 4.98 Å². The van der Waals surface area contributed by atoms with Crippen LogP contribution in [0.5, 0.6) is 0 Å². The van der Waals surface area contributed by atoms with E-state index in [4.69, 9.17) is 21.6 Å². The molecule has 0 amide bonds. The molecule has 1 heterocycles. The Morgan fingerprint density at radius 3 is 2.76 bits per heavy atom. The van der Waals surface area contributed by atoms with Crippen LogP contribution < -0.4 is 0 Å². The Balaban J connectivity index is 2.22. The summed E-state index contributed by atoms with van der Waals surface area (Å²) in [5, 5.41) is 9.87. The summed E-state index contributed by atoms with van der Waals surface area (Å²) in [5.74, 6) is -0.561. The molecule has 0 aliphatic carbocycles. The van der Waals surface area contributed by atoms with E-state index >= 15 is 0 Å². The minimum atomic E-state index is -0.800. The van der Waals surface area contributed by atoms with E-state index in [0.717, 1.165) is 4.90 Å². The molecule has 0 fully saturated rings. The van der Waals surface area contributed by atoms with Crippen molar-refractivity contribution in [2.45, 2.75) is 22.9 Å². The van der Waals surface area contributed by atoms with Crippen LogP contribution in [-0.2, 0) is 4.74 Å². The lowest BCUT2D eigenvalue weighted by Gasteiger charge is -2.09. The first-order valence-electron chi connectivity index (χ1n) is 6.09. The van der Waals surface area contributed by atoms with Gasteiger partial charge in [0.15, 0.2) is 6.10 Å². The summed E-state index contributed by atoms with van der Waals surface area (Å²) in [7, 11) is 0. The van der Waals surface area contributed by atoms with Crippen LogP contribution >= 0.6 is 23.4 Å². The lowest BCUT2D eigenvalue weighted by molar-refractivity contribution is 0.0430. The minimum absolute atomic E-state index is 0.333. The van der Waals surface area contributed by atoms with Crippen molar-refractivity contribution < 1.29 is 9.53 Å². The van der Waals surface area contributed by atoms with Crippen LogP contribution in [0, 0.1) is 11.3 Å². The summed E-state index contributed by atoms with van der Waals surface area (Å²) in [6.45, 7) is 1.51. The maximum Gasteiger partial charge on any atom is 0.342 e. The zero-order valence-corrected chi connectivity index (χ0v) is 12.7. The summed E-state index contributed by atoms with van der Waals surface area (Å²) >= 11 is 7.17. The molecule has 0 saturated heterocycles. The molecule has 6 heteroatoms. The molecule has 1 aromatic heterocycles. The molecule has 4 nitrogen and oxygen atoms in total. The molecule has 106 valence electrons. The molecule has 2 rings (SSSR count). The average Bonchev–Trinajstić information content (AvgIpc) is 2.50. The van der Waals surface area contributed by atoms with Crippen LogP contribution in [0.1, 0.15) is 17.3 Å². The van der Waals surface area contributed by atoms with Gasteiger partial charge in [-0.05, 0) is 43.3 Å². The van der Waals surface area contributed by atoms with Crippen molar-refractivity contribution in [3.05, 3.63) is 53.2 Å². The molecule has 21 heavy (non-hydrogen) atoms. The van der Waals surface area contributed by atoms with Crippen LogP contribution in [0.3, 0.4) is 0 Å². The van der Waals surface area contributed by atoms with Crippen molar-refractivity contribution in [1.29, 1.82) is 5.26 Å². The van der Waals surface area contributed by atoms with Gasteiger partial charge in [0.05, 0.1) is 5.56 Å². The van der Waals surface area contributed by atoms with Crippen LogP contribution in [0.2, 0.25) is 5.02 Å². The van der Waals surface area contributed by atoms with Crippen LogP contribution in [-0.4, -0.2) is 17.1 Å². The number of nitriles is 1. The fourth-order valence-corrected chi connectivity index (χ4v) is 2.49. The normalized spacial score (nSPS) is 11.5. The predicted molar refractivity (Wildman–Crippen MR) is 80.3 cm³/mol. The number of aromatic nitrogens is 1. The van der Waals surface area contributed by atoms with Gasteiger partial charge in [0.1, 0.15) is 11.1 Å². The van der Waals surface area contributed by atoms with Crippen LogP contribution in [0.4, 0.5) is 0 Å². The number of benzene rings is 1. The monoisotopic (exact) mass is 318 g/mol. The highest BCUT2D eigenvalue weighted by Crippen LogP contribution is 2.29. The molecular weight excluding hydrogens is 308 g/mol. The quantitative estimate of drug-likeness (QED) is 0.798. The first-order valence-corrected chi connectivity index (χ1v) is 7.28. The third kappa shape index (κ3) is 4.22. The summed E-state index contributed by atoms with van der Waals surface area (Å²) in [6, 6.07) is 12.3. The molecule has 2 aromatic rings. The summed E-state index contributed by atoms with van der Waals surface area (Å²) in [5.41, 5.74) is 0.333. The van der Waals surface area contributed by atoms with Gasteiger partial charge in [-0.2, -0.15) is 5.26 Å². The predicted octanol–water partition coefficient (Wildman–Crippen LogP) is 3.96. The molecule has 0 bridgehead atoms.